The van der Waals surface area contributed by atoms with Crippen molar-refractivity contribution in [3.63, 3.8) is 0 Å². The highest BCUT2D eigenvalue weighted by Gasteiger charge is 2.44. The number of hydrazine groups is 1. The monoisotopic (exact) mass is 485 g/mol. The number of nitrogens with two attached hydrogens (primary N) is 1. The van der Waals surface area contributed by atoms with E-state index in [0.717, 1.165) is 21.6 Å². The minimum atomic E-state index is -4.39. The van der Waals surface area contributed by atoms with Crippen LogP contribution in [0, 0.1) is 17.1 Å². The molecule has 2 aromatic heterocycles. The van der Waals surface area contributed by atoms with Gasteiger partial charge < -0.3 is 10.5 Å². The molecule has 1 atom stereocenters. The number of hydrogen-bond donors (Lipinski definition) is 2. The van der Waals surface area contributed by atoms with Crippen LogP contribution in [0.5, 0.6) is 5.88 Å². The quantitative estimate of drug-likeness (QED) is 0.473. The zero-order chi connectivity index (χ0) is 24.4. The Morgan fingerprint density at radius 2 is 2.15 bits per heavy atom. The first-order valence-electron chi connectivity index (χ1n) is 9.80. The summed E-state index contributed by atoms with van der Waals surface area (Å²) in [4.78, 5) is 21.2. The first kappa shape index (κ1) is 21.4. The molecule has 2 bridgehead atoms. The maximum Gasteiger partial charge on any atom is 0.352 e. The molecule has 15 heteroatoms. The molecule has 0 saturated carbocycles. The van der Waals surface area contributed by atoms with Crippen LogP contribution in [0.2, 0.25) is 0 Å². The van der Waals surface area contributed by atoms with Gasteiger partial charge in [-0.2, -0.15) is 23.2 Å². The SMILES string of the molecule is C[C@H]1Oc2nc(cnc2N)-c2c(nn(C)c2C#N)CN2C(=O)NS(=O)(=O)N2c2ccc(F)cc21. The van der Waals surface area contributed by atoms with Gasteiger partial charge in [0.25, 0.3) is 5.88 Å². The highest BCUT2D eigenvalue weighted by Crippen LogP contribution is 2.38. The number of aryl methyl sites for hydroxylation is 1. The summed E-state index contributed by atoms with van der Waals surface area (Å²) in [6.07, 6.45) is 0.347. The Labute approximate surface area is 192 Å². The Morgan fingerprint density at radius 3 is 2.88 bits per heavy atom. The molecule has 3 N–H and O–H groups in total. The fraction of sp³-hybridized carbons (Fsp3) is 0.211. The highest BCUT2D eigenvalue weighted by molar-refractivity contribution is 7.91. The molecule has 0 aliphatic carbocycles. The van der Waals surface area contributed by atoms with E-state index < -0.39 is 28.2 Å². The van der Waals surface area contributed by atoms with E-state index in [4.69, 9.17) is 10.5 Å². The number of urea groups is 1. The summed E-state index contributed by atoms with van der Waals surface area (Å²) in [5.74, 6) is -0.821. The van der Waals surface area contributed by atoms with Crippen molar-refractivity contribution >= 4 is 27.7 Å². The van der Waals surface area contributed by atoms with Gasteiger partial charge in [0.15, 0.2) is 5.82 Å². The second kappa shape index (κ2) is 7.28. The molecular weight excluding hydrogens is 469 g/mol. The van der Waals surface area contributed by atoms with Gasteiger partial charge in [-0.3, -0.25) is 4.68 Å². The molecule has 13 nitrogen and oxygen atoms in total. The van der Waals surface area contributed by atoms with Gasteiger partial charge in [-0.15, -0.1) is 0 Å². The lowest BCUT2D eigenvalue weighted by atomic mass is 10.1. The molecule has 0 unspecified atom stereocenters. The van der Waals surface area contributed by atoms with Crippen molar-refractivity contribution in [3.05, 3.63) is 47.2 Å². The molecular formula is C19H16FN9O4S. The number of nitrogens with zero attached hydrogens (tertiary/aromatic N) is 7. The summed E-state index contributed by atoms with van der Waals surface area (Å²) in [7, 11) is -2.87. The van der Waals surface area contributed by atoms with Gasteiger partial charge in [0.05, 0.1) is 35.4 Å². The van der Waals surface area contributed by atoms with Gasteiger partial charge in [0.2, 0.25) is 0 Å². The van der Waals surface area contributed by atoms with E-state index in [0.29, 0.717) is 0 Å². The molecule has 0 spiro atoms. The fourth-order valence-corrected chi connectivity index (χ4v) is 5.12. The number of halogens is 1. The Morgan fingerprint density at radius 1 is 1.38 bits per heavy atom. The summed E-state index contributed by atoms with van der Waals surface area (Å²) < 4.78 is 49.8. The van der Waals surface area contributed by atoms with E-state index in [1.54, 1.807) is 0 Å². The van der Waals surface area contributed by atoms with Crippen LogP contribution in [0.15, 0.2) is 24.4 Å². The molecule has 5 rings (SSSR count). The highest BCUT2D eigenvalue weighted by atomic mass is 32.2. The van der Waals surface area contributed by atoms with Crippen molar-refractivity contribution in [1.82, 2.24) is 29.5 Å². The minimum Gasteiger partial charge on any atom is -0.467 e. The summed E-state index contributed by atoms with van der Waals surface area (Å²) in [5, 5.41) is 14.9. The number of fused-ring (bicyclic) bond motifs is 7. The van der Waals surface area contributed by atoms with E-state index in [2.05, 4.69) is 15.1 Å². The number of nitriles is 1. The lowest BCUT2D eigenvalue weighted by molar-refractivity contribution is 0.207. The number of amides is 2. The predicted molar refractivity (Wildman–Crippen MR) is 114 cm³/mol. The van der Waals surface area contributed by atoms with Crippen LogP contribution in [-0.2, 0) is 23.8 Å². The third-order valence-electron chi connectivity index (χ3n) is 5.37. The summed E-state index contributed by atoms with van der Waals surface area (Å²) in [5.41, 5.74) is 6.68. The second-order valence-electron chi connectivity index (χ2n) is 7.53. The van der Waals surface area contributed by atoms with Gasteiger partial charge in [-0.1, -0.05) is 0 Å². The molecule has 4 heterocycles. The van der Waals surface area contributed by atoms with Gasteiger partial charge >= 0.3 is 16.2 Å². The van der Waals surface area contributed by atoms with E-state index in [1.165, 1.54) is 30.9 Å². The van der Waals surface area contributed by atoms with Crippen molar-refractivity contribution < 1.29 is 22.3 Å². The predicted octanol–water partition coefficient (Wildman–Crippen LogP) is 1.12. The Hall–Kier alpha value is -4.45. The van der Waals surface area contributed by atoms with E-state index in [-0.39, 0.29) is 52.1 Å². The molecule has 3 aromatic rings. The van der Waals surface area contributed by atoms with Crippen LogP contribution < -0.4 is 19.6 Å². The molecule has 2 aliphatic heterocycles. The number of aromatic nitrogens is 4. The third-order valence-corrected chi connectivity index (χ3v) is 6.65. The average molecular weight is 485 g/mol. The third kappa shape index (κ3) is 3.15. The van der Waals surface area contributed by atoms with Crippen LogP contribution in [0.1, 0.15) is 30.0 Å². The fourth-order valence-electron chi connectivity index (χ4n) is 3.89. The summed E-state index contributed by atoms with van der Waals surface area (Å²) in [6, 6.07) is 4.43. The van der Waals surface area contributed by atoms with Crippen molar-refractivity contribution in [3.8, 4) is 23.2 Å². The topological polar surface area (TPSA) is 172 Å². The lowest BCUT2D eigenvalue weighted by Crippen LogP contribution is -2.41. The zero-order valence-corrected chi connectivity index (χ0v) is 18.5. The lowest BCUT2D eigenvalue weighted by Gasteiger charge is -2.29. The number of nitrogen functional groups attached to an aromatic ring is 1. The average Bonchev–Trinajstić information content (AvgIpc) is 3.20. The molecule has 0 radical (unpaired) electrons. The van der Waals surface area contributed by atoms with E-state index >= 15 is 0 Å². The van der Waals surface area contributed by atoms with Gasteiger partial charge in [0.1, 0.15) is 23.7 Å². The van der Waals surface area contributed by atoms with Crippen LogP contribution in [0.25, 0.3) is 11.3 Å². The largest absolute Gasteiger partial charge is 0.467 e. The normalized spacial score (nSPS) is 18.4. The number of benzene rings is 1. The number of carbonyl (C=O) groups is 1. The van der Waals surface area contributed by atoms with Crippen LogP contribution in [0.3, 0.4) is 0 Å². The number of anilines is 2. The zero-order valence-electron chi connectivity index (χ0n) is 17.7. The first-order chi connectivity index (χ1) is 16.1. The number of nitrogens with one attached hydrogen (secondary N) is 1. The maximum atomic E-state index is 14.2. The van der Waals surface area contributed by atoms with Gasteiger partial charge in [-0.05, 0) is 25.1 Å². The number of carbonyl (C=O) groups excluding carboxylic acids is 1. The van der Waals surface area contributed by atoms with Crippen molar-refractivity contribution in [2.75, 3.05) is 10.1 Å². The molecule has 2 amide bonds. The van der Waals surface area contributed by atoms with Crippen molar-refractivity contribution in [2.24, 2.45) is 7.05 Å². The molecule has 1 saturated heterocycles. The van der Waals surface area contributed by atoms with Crippen LogP contribution >= 0.6 is 0 Å². The molecule has 174 valence electrons. The van der Waals surface area contributed by atoms with Crippen LogP contribution in [0.4, 0.5) is 20.7 Å². The van der Waals surface area contributed by atoms with Gasteiger partial charge in [0, 0.05) is 12.6 Å². The molecule has 2 aliphatic rings. The number of hydrogen-bond acceptors (Lipinski definition) is 9. The Kier molecular flexibility index (Phi) is 4.58. The van der Waals surface area contributed by atoms with E-state index in [1.807, 2.05) is 10.8 Å². The Balaban J connectivity index is 1.83. The van der Waals surface area contributed by atoms with Crippen molar-refractivity contribution in [1.29, 1.82) is 5.26 Å². The summed E-state index contributed by atoms with van der Waals surface area (Å²) in [6.45, 7) is 1.18. The van der Waals surface area contributed by atoms with Crippen molar-refractivity contribution in [2.45, 2.75) is 19.6 Å². The first-order valence-corrected chi connectivity index (χ1v) is 11.2. The molecule has 34 heavy (non-hydrogen) atoms. The summed E-state index contributed by atoms with van der Waals surface area (Å²) >= 11 is 0. The number of rotatable bonds is 0. The standard InChI is InChI=1S/C19H16FN9O4S/c1-9-11-5-10(20)3-4-14(11)29-28(19(30)26-34(29,31)32)8-13-16(15(6-21)27(2)25-13)12-7-23-17(22)18(24-12)33-9/h3-5,7,9H,8H2,1-2H3,(H2,22,23)(H,26,30)/t9-/m1/s1. The number of ether oxygens (including phenoxy) is 1. The minimum absolute atomic E-state index is 0.0338. The smallest absolute Gasteiger partial charge is 0.352 e. The molecule has 1 fully saturated rings. The second-order valence-corrected chi connectivity index (χ2v) is 9.03. The van der Waals surface area contributed by atoms with Crippen LogP contribution in [-0.4, -0.2) is 39.2 Å². The Bertz CT molecular complexity index is 1510. The molecule has 1 aromatic carbocycles. The van der Waals surface area contributed by atoms with E-state index in [9.17, 15) is 22.9 Å². The maximum absolute atomic E-state index is 14.2. The van der Waals surface area contributed by atoms with Gasteiger partial charge in [-0.25, -0.2) is 28.9 Å².